The number of methoxy groups -OCH3 is 1. The molecule has 0 aliphatic rings. The van der Waals surface area contributed by atoms with E-state index in [2.05, 4.69) is 5.32 Å². The Morgan fingerprint density at radius 1 is 1.08 bits per heavy atom. The van der Waals surface area contributed by atoms with Crippen LogP contribution in [0.5, 0.6) is 5.75 Å². The summed E-state index contributed by atoms with van der Waals surface area (Å²) in [6.45, 7) is 5.31. The van der Waals surface area contributed by atoms with Gasteiger partial charge in [-0.3, -0.25) is 4.79 Å². The van der Waals surface area contributed by atoms with Crippen LogP contribution in [0.1, 0.15) is 16.7 Å². The average Bonchev–Trinajstić information content (AvgIpc) is 2.58. The summed E-state index contributed by atoms with van der Waals surface area (Å²) < 4.78 is 31.9. The maximum atomic E-state index is 12.8. The van der Waals surface area contributed by atoms with E-state index >= 15 is 0 Å². The molecule has 0 heterocycles. The van der Waals surface area contributed by atoms with E-state index in [-0.39, 0.29) is 17.2 Å². The molecule has 0 saturated heterocycles. The van der Waals surface area contributed by atoms with E-state index in [9.17, 15) is 13.2 Å². The van der Waals surface area contributed by atoms with E-state index in [0.717, 1.165) is 21.0 Å². The molecule has 0 spiro atoms. The minimum Gasteiger partial charge on any atom is -0.495 e. The lowest BCUT2D eigenvalue weighted by Gasteiger charge is -2.19. The molecule has 1 amide bonds. The van der Waals surface area contributed by atoms with Crippen LogP contribution in [-0.4, -0.2) is 39.3 Å². The summed E-state index contributed by atoms with van der Waals surface area (Å²) in [5.74, 6) is -0.159. The molecule has 0 aliphatic heterocycles. The molecule has 2 aromatic rings. The summed E-state index contributed by atoms with van der Waals surface area (Å²) in [5.41, 5.74) is 3.39. The predicted octanol–water partition coefficient (Wildman–Crippen LogP) is 2.88. The number of carbonyl (C=O) groups excluding carboxylic acids is 1. The number of benzene rings is 2. The van der Waals surface area contributed by atoms with Crippen molar-refractivity contribution in [3.05, 3.63) is 53.1 Å². The third kappa shape index (κ3) is 4.42. The summed E-state index contributed by atoms with van der Waals surface area (Å²) in [4.78, 5) is 12.4. The number of ether oxygens (including phenoxy) is 1. The van der Waals surface area contributed by atoms with Gasteiger partial charge in [-0.2, -0.15) is 4.31 Å². The van der Waals surface area contributed by atoms with Gasteiger partial charge in [0, 0.05) is 12.7 Å². The number of hydrogen-bond acceptors (Lipinski definition) is 4. The van der Waals surface area contributed by atoms with Gasteiger partial charge in [0.05, 0.1) is 13.7 Å². The number of aryl methyl sites for hydroxylation is 3. The monoisotopic (exact) mass is 376 g/mol. The Hall–Kier alpha value is -2.38. The molecule has 140 valence electrons. The van der Waals surface area contributed by atoms with E-state index in [1.54, 1.807) is 19.1 Å². The summed E-state index contributed by atoms with van der Waals surface area (Å²) in [6.07, 6.45) is 0. The molecule has 0 bridgehead atoms. The topological polar surface area (TPSA) is 75.7 Å². The van der Waals surface area contributed by atoms with Gasteiger partial charge in [0.25, 0.3) is 0 Å². The van der Waals surface area contributed by atoms with Crippen LogP contribution in [0.3, 0.4) is 0 Å². The van der Waals surface area contributed by atoms with Gasteiger partial charge in [0.1, 0.15) is 10.6 Å². The molecule has 0 saturated carbocycles. The quantitative estimate of drug-likeness (QED) is 0.841. The van der Waals surface area contributed by atoms with Gasteiger partial charge in [0.2, 0.25) is 15.9 Å². The first-order valence-electron chi connectivity index (χ1n) is 8.13. The van der Waals surface area contributed by atoms with E-state index in [0.29, 0.717) is 5.69 Å². The normalized spacial score (nSPS) is 11.5. The van der Waals surface area contributed by atoms with Crippen molar-refractivity contribution >= 4 is 21.6 Å². The Morgan fingerprint density at radius 3 is 2.35 bits per heavy atom. The highest BCUT2D eigenvalue weighted by atomic mass is 32.2. The third-order valence-corrected chi connectivity index (χ3v) is 5.87. The Morgan fingerprint density at radius 2 is 1.69 bits per heavy atom. The van der Waals surface area contributed by atoms with Gasteiger partial charge in [-0.05, 0) is 55.7 Å². The SMILES string of the molecule is COc1ccc(C)cc1S(=O)(=O)N(C)CC(=O)Nc1cc(C)ccc1C. The van der Waals surface area contributed by atoms with Crippen molar-refractivity contribution in [3.63, 3.8) is 0 Å². The fourth-order valence-corrected chi connectivity index (χ4v) is 3.86. The number of likely N-dealkylation sites (N-methyl/N-ethyl adjacent to an activating group) is 1. The standard InChI is InChI=1S/C19H24N2O4S/c1-13-6-8-15(3)16(10-13)20-19(22)12-21(4)26(23,24)18-11-14(2)7-9-17(18)25-5/h6-11H,12H2,1-5H3,(H,20,22). The second kappa shape index (κ2) is 7.88. The molecule has 2 aromatic carbocycles. The highest BCUT2D eigenvalue weighted by Crippen LogP contribution is 2.27. The first-order valence-corrected chi connectivity index (χ1v) is 9.57. The van der Waals surface area contributed by atoms with Crippen molar-refractivity contribution < 1.29 is 17.9 Å². The fourth-order valence-electron chi connectivity index (χ4n) is 2.50. The molecule has 0 aliphatic carbocycles. The molecule has 26 heavy (non-hydrogen) atoms. The van der Waals surface area contributed by atoms with Crippen LogP contribution < -0.4 is 10.1 Å². The van der Waals surface area contributed by atoms with Crippen molar-refractivity contribution in [2.24, 2.45) is 0 Å². The molecule has 0 unspecified atom stereocenters. The van der Waals surface area contributed by atoms with Crippen LogP contribution in [0.15, 0.2) is 41.3 Å². The van der Waals surface area contributed by atoms with E-state index in [1.807, 2.05) is 32.0 Å². The van der Waals surface area contributed by atoms with Gasteiger partial charge >= 0.3 is 0 Å². The summed E-state index contributed by atoms with van der Waals surface area (Å²) in [6, 6.07) is 10.6. The van der Waals surface area contributed by atoms with Crippen LogP contribution in [0, 0.1) is 20.8 Å². The molecule has 2 rings (SSSR count). The number of nitrogens with zero attached hydrogens (tertiary/aromatic N) is 1. The van der Waals surface area contributed by atoms with Crippen LogP contribution >= 0.6 is 0 Å². The van der Waals surface area contributed by atoms with Crippen molar-refractivity contribution in [3.8, 4) is 5.75 Å². The zero-order chi connectivity index (χ0) is 19.5. The molecule has 0 radical (unpaired) electrons. The lowest BCUT2D eigenvalue weighted by molar-refractivity contribution is -0.116. The van der Waals surface area contributed by atoms with Gasteiger partial charge < -0.3 is 10.1 Å². The molecular formula is C19H24N2O4S. The largest absolute Gasteiger partial charge is 0.495 e. The molecule has 0 atom stereocenters. The molecule has 1 N–H and O–H groups in total. The number of nitrogens with one attached hydrogen (secondary N) is 1. The van der Waals surface area contributed by atoms with Crippen LogP contribution in [-0.2, 0) is 14.8 Å². The van der Waals surface area contributed by atoms with Crippen LogP contribution in [0.4, 0.5) is 5.69 Å². The van der Waals surface area contributed by atoms with Crippen molar-refractivity contribution in [1.82, 2.24) is 4.31 Å². The summed E-state index contributed by atoms with van der Waals surface area (Å²) >= 11 is 0. The van der Waals surface area contributed by atoms with Crippen molar-refractivity contribution in [2.45, 2.75) is 25.7 Å². The first-order chi connectivity index (χ1) is 12.1. The van der Waals surface area contributed by atoms with Gasteiger partial charge in [-0.1, -0.05) is 18.2 Å². The first kappa shape index (κ1) is 19.9. The summed E-state index contributed by atoms with van der Waals surface area (Å²) in [7, 11) is -1.07. The van der Waals surface area contributed by atoms with E-state index in [4.69, 9.17) is 4.74 Å². The Labute approximate surface area is 154 Å². The van der Waals surface area contributed by atoms with E-state index < -0.39 is 15.9 Å². The number of anilines is 1. The molecule has 7 heteroatoms. The lowest BCUT2D eigenvalue weighted by atomic mass is 10.1. The van der Waals surface area contributed by atoms with Gasteiger partial charge in [-0.25, -0.2) is 8.42 Å². The maximum absolute atomic E-state index is 12.8. The molecule has 0 aromatic heterocycles. The number of hydrogen-bond donors (Lipinski definition) is 1. The van der Waals surface area contributed by atoms with Crippen molar-refractivity contribution in [1.29, 1.82) is 0 Å². The minimum absolute atomic E-state index is 0.0436. The number of carbonyl (C=O) groups is 1. The van der Waals surface area contributed by atoms with Crippen LogP contribution in [0.25, 0.3) is 0 Å². The smallest absolute Gasteiger partial charge is 0.246 e. The molecular weight excluding hydrogens is 352 g/mol. The predicted molar refractivity (Wildman–Crippen MR) is 102 cm³/mol. The second-order valence-corrected chi connectivity index (χ2v) is 8.30. The number of rotatable bonds is 6. The molecule has 6 nitrogen and oxygen atoms in total. The number of amides is 1. The van der Waals surface area contributed by atoms with Gasteiger partial charge in [0.15, 0.2) is 0 Å². The third-order valence-electron chi connectivity index (χ3n) is 4.04. The highest BCUT2D eigenvalue weighted by molar-refractivity contribution is 7.89. The lowest BCUT2D eigenvalue weighted by Crippen LogP contribution is -2.35. The zero-order valence-corrected chi connectivity index (χ0v) is 16.5. The summed E-state index contributed by atoms with van der Waals surface area (Å²) in [5, 5.41) is 2.77. The van der Waals surface area contributed by atoms with Gasteiger partial charge in [-0.15, -0.1) is 0 Å². The van der Waals surface area contributed by atoms with Crippen LogP contribution in [0.2, 0.25) is 0 Å². The fraction of sp³-hybridized carbons (Fsp3) is 0.316. The van der Waals surface area contributed by atoms with Crippen molar-refractivity contribution in [2.75, 3.05) is 26.0 Å². The highest BCUT2D eigenvalue weighted by Gasteiger charge is 2.26. The Bertz CT molecular complexity index is 923. The second-order valence-electron chi connectivity index (χ2n) is 6.28. The van der Waals surface area contributed by atoms with E-state index in [1.165, 1.54) is 20.2 Å². The zero-order valence-electron chi connectivity index (χ0n) is 15.7. The Kier molecular flexibility index (Phi) is 6.05. The molecule has 0 fully saturated rings. The average molecular weight is 376 g/mol. The maximum Gasteiger partial charge on any atom is 0.246 e. The minimum atomic E-state index is -3.86. The Balaban J connectivity index is 2.20. The number of sulfonamides is 1.